The Morgan fingerprint density at radius 1 is 1.12 bits per heavy atom. The van der Waals surface area contributed by atoms with Crippen LogP contribution in [0.4, 0.5) is 27.5 Å². The Bertz CT molecular complexity index is 1250. The van der Waals surface area contributed by atoms with Crippen LogP contribution in [0.5, 0.6) is 11.5 Å². The molecule has 1 aromatic heterocycles. The maximum Gasteiger partial charge on any atom is 0.255 e. The molecule has 0 aliphatic heterocycles. The van der Waals surface area contributed by atoms with Crippen molar-refractivity contribution >= 4 is 39.1 Å². The summed E-state index contributed by atoms with van der Waals surface area (Å²) in [6.07, 6.45) is 0.947. The number of methoxy groups -OCH3 is 1. The number of benzene rings is 2. The number of rotatable bonds is 9. The summed E-state index contributed by atoms with van der Waals surface area (Å²) in [7, 11) is -2.49. The quantitative estimate of drug-likeness (QED) is 0.369. The van der Waals surface area contributed by atoms with Crippen molar-refractivity contribution in [3.63, 3.8) is 0 Å². The SMILES string of the molecule is COc1cc(Nc2nc(Nc3cccc(S(N)(=O)=O)c3)ncc2F)ccc1OCC(N)=O. The van der Waals surface area contributed by atoms with Crippen LogP contribution in [-0.4, -0.2) is 38.0 Å². The van der Waals surface area contributed by atoms with Crippen molar-refractivity contribution in [2.24, 2.45) is 10.9 Å². The lowest BCUT2D eigenvalue weighted by atomic mass is 10.2. The molecule has 0 aliphatic rings. The van der Waals surface area contributed by atoms with Crippen LogP contribution in [0.1, 0.15) is 0 Å². The van der Waals surface area contributed by atoms with E-state index in [4.69, 9.17) is 20.3 Å². The van der Waals surface area contributed by atoms with Gasteiger partial charge < -0.3 is 25.8 Å². The van der Waals surface area contributed by atoms with Crippen LogP contribution in [0.15, 0.2) is 53.6 Å². The highest BCUT2D eigenvalue weighted by molar-refractivity contribution is 7.89. The van der Waals surface area contributed by atoms with Gasteiger partial charge in [-0.25, -0.2) is 22.9 Å². The fourth-order valence-corrected chi connectivity index (χ4v) is 3.10. The molecule has 0 unspecified atom stereocenters. The minimum atomic E-state index is -3.89. The number of primary amides is 1. The van der Waals surface area contributed by atoms with Crippen LogP contribution >= 0.6 is 0 Å². The maximum atomic E-state index is 14.3. The molecule has 0 saturated carbocycles. The smallest absolute Gasteiger partial charge is 0.255 e. The van der Waals surface area contributed by atoms with Crippen molar-refractivity contribution < 1.29 is 27.1 Å². The molecule has 0 atom stereocenters. The number of halogens is 1. The van der Waals surface area contributed by atoms with Gasteiger partial charge in [-0.05, 0) is 30.3 Å². The third kappa shape index (κ3) is 5.80. The Labute approximate surface area is 182 Å². The number of nitrogens with one attached hydrogen (secondary N) is 2. The molecule has 0 bridgehead atoms. The minimum Gasteiger partial charge on any atom is -0.493 e. The molecule has 3 aromatic rings. The van der Waals surface area contributed by atoms with Gasteiger partial charge in [0.1, 0.15) is 0 Å². The van der Waals surface area contributed by atoms with Gasteiger partial charge in [-0.2, -0.15) is 4.98 Å². The topological polar surface area (TPSA) is 172 Å². The molecule has 1 amide bonds. The Morgan fingerprint density at radius 3 is 2.56 bits per heavy atom. The molecule has 0 radical (unpaired) electrons. The largest absolute Gasteiger partial charge is 0.493 e. The average molecular weight is 462 g/mol. The van der Waals surface area contributed by atoms with Gasteiger partial charge in [-0.3, -0.25) is 4.79 Å². The number of nitrogens with zero attached hydrogens (tertiary/aromatic N) is 2. The van der Waals surface area contributed by atoms with Crippen LogP contribution < -0.4 is 31.0 Å². The zero-order valence-corrected chi connectivity index (χ0v) is 17.5. The summed E-state index contributed by atoms with van der Waals surface area (Å²) < 4.78 is 47.7. The second kappa shape index (κ2) is 9.45. The molecule has 0 spiro atoms. The van der Waals surface area contributed by atoms with Crippen molar-refractivity contribution in [3.05, 3.63) is 54.5 Å². The van der Waals surface area contributed by atoms with E-state index < -0.39 is 21.7 Å². The third-order valence-corrected chi connectivity index (χ3v) is 4.87. The highest BCUT2D eigenvalue weighted by Gasteiger charge is 2.12. The lowest BCUT2D eigenvalue weighted by molar-refractivity contribution is -0.119. The third-order valence-electron chi connectivity index (χ3n) is 3.96. The fourth-order valence-electron chi connectivity index (χ4n) is 2.55. The highest BCUT2D eigenvalue weighted by atomic mass is 32.2. The van der Waals surface area contributed by atoms with Crippen LogP contribution in [0.3, 0.4) is 0 Å². The summed E-state index contributed by atoms with van der Waals surface area (Å²) in [6.45, 7) is -0.328. The van der Waals surface area contributed by atoms with E-state index in [-0.39, 0.29) is 34.8 Å². The van der Waals surface area contributed by atoms with E-state index in [0.717, 1.165) is 6.20 Å². The predicted octanol–water partition coefficient (Wildman–Crippen LogP) is 1.62. The first-order chi connectivity index (χ1) is 15.2. The number of carbonyl (C=O) groups excluding carboxylic acids is 1. The molecule has 2 aromatic carbocycles. The van der Waals surface area contributed by atoms with Crippen LogP contribution in [-0.2, 0) is 14.8 Å². The number of primary sulfonamides is 1. The Kier molecular flexibility index (Phi) is 6.70. The van der Waals surface area contributed by atoms with Gasteiger partial charge in [0.15, 0.2) is 29.7 Å². The van der Waals surface area contributed by atoms with Gasteiger partial charge >= 0.3 is 0 Å². The maximum absolute atomic E-state index is 14.3. The summed E-state index contributed by atoms with van der Waals surface area (Å²) in [5, 5.41) is 10.7. The van der Waals surface area contributed by atoms with Crippen LogP contribution in [0.25, 0.3) is 0 Å². The van der Waals surface area contributed by atoms with Crippen molar-refractivity contribution in [3.8, 4) is 11.5 Å². The normalized spacial score (nSPS) is 11.0. The van der Waals surface area contributed by atoms with Crippen molar-refractivity contribution in [2.45, 2.75) is 4.90 Å². The molecule has 0 saturated heterocycles. The molecular formula is C19H19FN6O5S. The van der Waals surface area contributed by atoms with Gasteiger partial charge in [0.25, 0.3) is 5.91 Å². The van der Waals surface area contributed by atoms with Gasteiger partial charge in [0, 0.05) is 17.4 Å². The monoisotopic (exact) mass is 462 g/mol. The molecular weight excluding hydrogens is 443 g/mol. The second-order valence-electron chi connectivity index (χ2n) is 6.33. The first kappa shape index (κ1) is 22.7. The van der Waals surface area contributed by atoms with E-state index in [1.54, 1.807) is 12.1 Å². The summed E-state index contributed by atoms with van der Waals surface area (Å²) >= 11 is 0. The lowest BCUT2D eigenvalue weighted by Crippen LogP contribution is -2.20. The predicted molar refractivity (Wildman–Crippen MR) is 114 cm³/mol. The van der Waals surface area contributed by atoms with Gasteiger partial charge in [0.2, 0.25) is 16.0 Å². The molecule has 0 fully saturated rings. The molecule has 11 nitrogen and oxygen atoms in total. The summed E-state index contributed by atoms with van der Waals surface area (Å²) in [5.41, 5.74) is 5.81. The van der Waals surface area contributed by atoms with Crippen molar-refractivity contribution in [1.29, 1.82) is 0 Å². The summed E-state index contributed by atoms with van der Waals surface area (Å²) in [5.74, 6) is -0.971. The van der Waals surface area contributed by atoms with Crippen molar-refractivity contribution in [2.75, 3.05) is 24.4 Å². The van der Waals surface area contributed by atoms with E-state index >= 15 is 0 Å². The van der Waals surface area contributed by atoms with E-state index in [0.29, 0.717) is 11.4 Å². The number of sulfonamides is 1. The molecule has 0 aliphatic carbocycles. The zero-order valence-electron chi connectivity index (χ0n) is 16.7. The molecule has 6 N–H and O–H groups in total. The summed E-state index contributed by atoms with van der Waals surface area (Å²) in [4.78, 5) is 18.7. The molecule has 1 heterocycles. The van der Waals surface area contributed by atoms with Gasteiger partial charge in [0.05, 0.1) is 18.2 Å². The van der Waals surface area contributed by atoms with Crippen molar-refractivity contribution in [1.82, 2.24) is 9.97 Å². The second-order valence-corrected chi connectivity index (χ2v) is 7.90. The van der Waals surface area contributed by atoms with E-state index in [1.807, 2.05) is 0 Å². The number of aromatic nitrogens is 2. The number of carbonyl (C=O) groups is 1. The van der Waals surface area contributed by atoms with E-state index in [9.17, 15) is 17.6 Å². The first-order valence-electron chi connectivity index (χ1n) is 8.94. The molecule has 13 heteroatoms. The molecule has 168 valence electrons. The van der Waals surface area contributed by atoms with E-state index in [1.165, 1.54) is 37.4 Å². The average Bonchev–Trinajstić information content (AvgIpc) is 2.74. The standard InChI is InChI=1S/C19H19FN6O5S/c1-30-16-8-12(5-6-15(16)31-10-17(21)27)24-18-14(20)9-23-19(26-18)25-11-3-2-4-13(7-11)32(22,28)29/h2-9H,10H2,1H3,(H2,21,27)(H2,22,28,29)(H2,23,24,25,26). The van der Waals surface area contributed by atoms with Gasteiger partial charge in [-0.1, -0.05) is 6.07 Å². The zero-order chi connectivity index (χ0) is 23.3. The number of nitrogens with two attached hydrogens (primary N) is 2. The number of amides is 1. The molecule has 3 rings (SSSR count). The van der Waals surface area contributed by atoms with E-state index in [2.05, 4.69) is 20.6 Å². The summed E-state index contributed by atoms with van der Waals surface area (Å²) in [6, 6.07) is 10.3. The Balaban J connectivity index is 1.81. The number of anilines is 4. The Hall–Kier alpha value is -3.97. The number of hydrogen-bond donors (Lipinski definition) is 4. The number of hydrogen-bond acceptors (Lipinski definition) is 9. The Morgan fingerprint density at radius 2 is 1.88 bits per heavy atom. The van der Waals surface area contributed by atoms with Gasteiger partial charge in [-0.15, -0.1) is 0 Å². The van der Waals surface area contributed by atoms with Crippen LogP contribution in [0.2, 0.25) is 0 Å². The highest BCUT2D eigenvalue weighted by Crippen LogP contribution is 2.32. The first-order valence-corrected chi connectivity index (χ1v) is 10.5. The number of ether oxygens (including phenoxy) is 2. The van der Waals surface area contributed by atoms with Crippen LogP contribution in [0, 0.1) is 5.82 Å². The fraction of sp³-hybridized carbons (Fsp3) is 0.105. The lowest BCUT2D eigenvalue weighted by Gasteiger charge is -2.13. The minimum absolute atomic E-state index is 0.00819. The molecule has 32 heavy (non-hydrogen) atoms.